The summed E-state index contributed by atoms with van der Waals surface area (Å²) in [7, 11) is -1.33. The summed E-state index contributed by atoms with van der Waals surface area (Å²) >= 11 is 0. The number of rotatable bonds is 10. The van der Waals surface area contributed by atoms with Crippen molar-refractivity contribution < 1.29 is 17.9 Å². The zero-order valence-electron chi connectivity index (χ0n) is 13.0. The third-order valence-corrected chi connectivity index (χ3v) is 3.96. The number of sulfone groups is 1. The molecule has 5 nitrogen and oxygen atoms in total. The maximum absolute atomic E-state index is 11.1. The fraction of sp³-hybridized carbons (Fsp3) is 0.600. The molecule has 0 aliphatic rings. The maximum Gasteiger partial charge on any atom is 0.147 e. The Hall–Kier alpha value is -1.27. The Bertz CT molecular complexity index is 528. The molecule has 6 heteroatoms. The van der Waals surface area contributed by atoms with Crippen LogP contribution in [0, 0.1) is 0 Å². The van der Waals surface area contributed by atoms with Crippen molar-refractivity contribution in [2.24, 2.45) is 0 Å². The van der Waals surface area contributed by atoms with E-state index in [1.54, 1.807) is 7.11 Å². The Morgan fingerprint density at radius 2 is 2.05 bits per heavy atom. The van der Waals surface area contributed by atoms with Gasteiger partial charge in [0.15, 0.2) is 0 Å². The summed E-state index contributed by atoms with van der Waals surface area (Å²) in [5.41, 5.74) is 1.05. The normalized spacial score (nSPS) is 11.4. The Morgan fingerprint density at radius 1 is 1.29 bits per heavy atom. The second kappa shape index (κ2) is 8.89. The van der Waals surface area contributed by atoms with Gasteiger partial charge in [0.05, 0.1) is 19.5 Å². The lowest BCUT2D eigenvalue weighted by Crippen LogP contribution is -2.15. The summed E-state index contributed by atoms with van der Waals surface area (Å²) in [6.07, 6.45) is 2.79. The molecule has 0 aromatic heterocycles. The van der Waals surface area contributed by atoms with Gasteiger partial charge in [0.1, 0.15) is 21.3 Å². The molecule has 0 heterocycles. The first-order chi connectivity index (χ1) is 9.96. The highest BCUT2D eigenvalue weighted by molar-refractivity contribution is 7.90. The number of hydrogen-bond acceptors (Lipinski definition) is 5. The Balaban J connectivity index is 2.63. The summed E-state index contributed by atoms with van der Waals surface area (Å²) in [4.78, 5) is 0. The van der Waals surface area contributed by atoms with Gasteiger partial charge in [-0.25, -0.2) is 8.42 Å². The van der Waals surface area contributed by atoms with E-state index in [1.165, 1.54) is 6.26 Å². The molecule has 0 atom stereocenters. The summed E-state index contributed by atoms with van der Waals surface area (Å²) in [6, 6.07) is 5.70. The molecule has 0 fully saturated rings. The average molecular weight is 315 g/mol. The van der Waals surface area contributed by atoms with Crippen molar-refractivity contribution in [2.75, 3.05) is 32.3 Å². The van der Waals surface area contributed by atoms with E-state index in [9.17, 15) is 8.42 Å². The minimum Gasteiger partial charge on any atom is -0.497 e. The first-order valence-electron chi connectivity index (χ1n) is 7.14. The molecule has 120 valence electrons. The fourth-order valence-electron chi connectivity index (χ4n) is 1.85. The smallest absolute Gasteiger partial charge is 0.147 e. The minimum atomic E-state index is -2.94. The minimum absolute atomic E-state index is 0.139. The molecule has 0 spiro atoms. The lowest BCUT2D eigenvalue weighted by molar-refractivity contribution is 0.311. The molecule has 1 aromatic rings. The van der Waals surface area contributed by atoms with Crippen LogP contribution in [-0.4, -0.2) is 40.7 Å². The molecule has 1 N–H and O–H groups in total. The van der Waals surface area contributed by atoms with E-state index in [2.05, 4.69) is 12.2 Å². The number of ether oxygens (including phenoxy) is 2. The molecule has 0 amide bonds. The third-order valence-electron chi connectivity index (χ3n) is 2.93. The van der Waals surface area contributed by atoms with Crippen LogP contribution >= 0.6 is 0 Å². The highest BCUT2D eigenvalue weighted by Crippen LogP contribution is 2.25. The second-order valence-electron chi connectivity index (χ2n) is 4.98. The van der Waals surface area contributed by atoms with Gasteiger partial charge in [0, 0.05) is 24.4 Å². The van der Waals surface area contributed by atoms with E-state index in [-0.39, 0.29) is 5.75 Å². The quantitative estimate of drug-likeness (QED) is 0.669. The predicted molar refractivity (Wildman–Crippen MR) is 84.8 cm³/mol. The Kier molecular flexibility index (Phi) is 7.53. The van der Waals surface area contributed by atoms with Crippen molar-refractivity contribution in [2.45, 2.75) is 26.3 Å². The van der Waals surface area contributed by atoms with Crippen molar-refractivity contribution in [3.8, 4) is 11.5 Å². The third kappa shape index (κ3) is 7.34. The number of methoxy groups -OCH3 is 1. The van der Waals surface area contributed by atoms with Crippen LogP contribution in [0.25, 0.3) is 0 Å². The fourth-order valence-corrected chi connectivity index (χ4v) is 2.49. The first-order valence-corrected chi connectivity index (χ1v) is 9.20. The van der Waals surface area contributed by atoms with Gasteiger partial charge in [-0.2, -0.15) is 0 Å². The largest absolute Gasteiger partial charge is 0.497 e. The molecule has 0 bridgehead atoms. The zero-order chi connectivity index (χ0) is 15.7. The van der Waals surface area contributed by atoms with Gasteiger partial charge >= 0.3 is 0 Å². The van der Waals surface area contributed by atoms with Gasteiger partial charge in [-0.1, -0.05) is 13.0 Å². The topological polar surface area (TPSA) is 64.6 Å². The summed E-state index contributed by atoms with van der Waals surface area (Å²) in [5.74, 6) is 1.61. The molecule has 0 radical (unpaired) electrons. The molecule has 0 saturated carbocycles. The first kappa shape index (κ1) is 17.8. The van der Waals surface area contributed by atoms with E-state index >= 15 is 0 Å². The predicted octanol–water partition coefficient (Wildman–Crippen LogP) is 2.01. The molecular formula is C15H25NO4S. The number of hydrogen-bond donors (Lipinski definition) is 1. The van der Waals surface area contributed by atoms with Gasteiger partial charge in [-0.05, 0) is 25.5 Å². The molecular weight excluding hydrogens is 290 g/mol. The number of benzene rings is 1. The molecule has 0 unspecified atom stereocenters. The summed E-state index contributed by atoms with van der Waals surface area (Å²) < 4.78 is 33.1. The highest BCUT2D eigenvalue weighted by atomic mass is 32.2. The van der Waals surface area contributed by atoms with Gasteiger partial charge in [-0.15, -0.1) is 0 Å². The molecule has 0 saturated heterocycles. The van der Waals surface area contributed by atoms with Crippen molar-refractivity contribution in [1.29, 1.82) is 0 Å². The Morgan fingerprint density at radius 3 is 2.67 bits per heavy atom. The SMILES string of the molecule is CCCNCc1ccc(OC)cc1OCCCS(C)(=O)=O. The van der Waals surface area contributed by atoms with Crippen LogP contribution in [0.15, 0.2) is 18.2 Å². The van der Waals surface area contributed by atoms with Crippen molar-refractivity contribution >= 4 is 9.84 Å². The van der Waals surface area contributed by atoms with Gasteiger partial charge in [-0.3, -0.25) is 0 Å². The standard InChI is InChI=1S/C15H25NO4S/c1-4-8-16-12-13-6-7-14(19-2)11-15(13)20-9-5-10-21(3,17)18/h6-7,11,16H,4-5,8-10,12H2,1-3H3. The van der Waals surface area contributed by atoms with Crippen LogP contribution in [0.4, 0.5) is 0 Å². The van der Waals surface area contributed by atoms with Crippen LogP contribution in [-0.2, 0) is 16.4 Å². The monoisotopic (exact) mass is 315 g/mol. The van der Waals surface area contributed by atoms with Crippen LogP contribution in [0.2, 0.25) is 0 Å². The van der Waals surface area contributed by atoms with Gasteiger partial charge in [0.25, 0.3) is 0 Å². The molecule has 0 aliphatic carbocycles. The number of nitrogens with one attached hydrogen (secondary N) is 1. The maximum atomic E-state index is 11.1. The van der Waals surface area contributed by atoms with E-state index in [0.29, 0.717) is 13.0 Å². The van der Waals surface area contributed by atoms with Crippen LogP contribution in [0.3, 0.4) is 0 Å². The lowest BCUT2D eigenvalue weighted by Gasteiger charge is -2.13. The second-order valence-corrected chi connectivity index (χ2v) is 7.24. The zero-order valence-corrected chi connectivity index (χ0v) is 13.8. The molecule has 0 aliphatic heterocycles. The lowest BCUT2D eigenvalue weighted by atomic mass is 10.2. The average Bonchev–Trinajstić information content (AvgIpc) is 2.44. The highest BCUT2D eigenvalue weighted by Gasteiger charge is 2.07. The molecule has 1 rings (SSSR count). The molecule has 21 heavy (non-hydrogen) atoms. The van der Waals surface area contributed by atoms with Crippen LogP contribution in [0.5, 0.6) is 11.5 Å². The van der Waals surface area contributed by atoms with Crippen molar-refractivity contribution in [3.63, 3.8) is 0 Å². The summed E-state index contributed by atoms with van der Waals surface area (Å²) in [5, 5.41) is 3.33. The van der Waals surface area contributed by atoms with Gasteiger partial charge in [0.2, 0.25) is 0 Å². The van der Waals surface area contributed by atoms with E-state index in [0.717, 1.165) is 36.6 Å². The molecule has 1 aromatic carbocycles. The van der Waals surface area contributed by atoms with E-state index in [1.807, 2.05) is 18.2 Å². The van der Waals surface area contributed by atoms with Crippen molar-refractivity contribution in [3.05, 3.63) is 23.8 Å². The van der Waals surface area contributed by atoms with Crippen LogP contribution < -0.4 is 14.8 Å². The Labute approximate surface area is 127 Å². The van der Waals surface area contributed by atoms with E-state index in [4.69, 9.17) is 9.47 Å². The summed E-state index contributed by atoms with van der Waals surface area (Å²) in [6.45, 7) is 4.16. The van der Waals surface area contributed by atoms with Gasteiger partial charge < -0.3 is 14.8 Å². The van der Waals surface area contributed by atoms with E-state index < -0.39 is 9.84 Å². The van der Waals surface area contributed by atoms with Crippen molar-refractivity contribution in [1.82, 2.24) is 5.32 Å². The van der Waals surface area contributed by atoms with Crippen LogP contribution in [0.1, 0.15) is 25.3 Å².